The van der Waals surface area contributed by atoms with Gasteiger partial charge >= 0.3 is 6.09 Å². The summed E-state index contributed by atoms with van der Waals surface area (Å²) in [5.74, 6) is -0.0795. The summed E-state index contributed by atoms with van der Waals surface area (Å²) in [4.78, 5) is 27.1. The standard InChI is InChI=1S/C20H32N4O3/c1-20(2,3)27-19(26)24-12-11-16-15(13-24)17(23(4)22-16)18(25)21-14-9-7-5-6-8-10-14/h14H,5-13H2,1-4H3,(H,21,25). The quantitative estimate of drug-likeness (QED) is 0.805. The third kappa shape index (κ3) is 4.82. The molecule has 27 heavy (non-hydrogen) atoms. The van der Waals surface area contributed by atoms with Crippen molar-refractivity contribution in [3.63, 3.8) is 0 Å². The molecule has 1 aliphatic carbocycles. The van der Waals surface area contributed by atoms with Gasteiger partial charge in [-0.2, -0.15) is 5.10 Å². The number of fused-ring (bicyclic) bond motifs is 1. The van der Waals surface area contributed by atoms with Gasteiger partial charge in [0.1, 0.15) is 11.3 Å². The Balaban J connectivity index is 1.74. The van der Waals surface area contributed by atoms with Crippen molar-refractivity contribution in [3.05, 3.63) is 17.0 Å². The first-order valence-corrected chi connectivity index (χ1v) is 10.1. The third-order valence-electron chi connectivity index (χ3n) is 5.25. The Hall–Kier alpha value is -2.05. The van der Waals surface area contributed by atoms with Gasteiger partial charge in [-0.15, -0.1) is 0 Å². The minimum atomic E-state index is -0.536. The van der Waals surface area contributed by atoms with Gasteiger partial charge in [-0.3, -0.25) is 9.48 Å². The van der Waals surface area contributed by atoms with Gasteiger partial charge in [-0.05, 0) is 33.6 Å². The molecule has 2 heterocycles. The highest BCUT2D eigenvalue weighted by atomic mass is 16.6. The first kappa shape index (κ1) is 19.7. The SMILES string of the molecule is Cn1nc2c(c1C(=O)NC1CCCCCC1)CN(C(=O)OC(C)(C)C)CC2. The van der Waals surface area contributed by atoms with E-state index in [1.807, 2.05) is 20.8 Å². The Morgan fingerprint density at radius 1 is 1.15 bits per heavy atom. The van der Waals surface area contributed by atoms with Crippen molar-refractivity contribution in [3.8, 4) is 0 Å². The van der Waals surface area contributed by atoms with Gasteiger partial charge in [0.15, 0.2) is 0 Å². The van der Waals surface area contributed by atoms with Crippen LogP contribution in [0.4, 0.5) is 4.79 Å². The third-order valence-corrected chi connectivity index (χ3v) is 5.25. The number of carbonyl (C=O) groups is 2. The van der Waals surface area contributed by atoms with Gasteiger partial charge in [0, 0.05) is 31.6 Å². The molecule has 1 aliphatic heterocycles. The highest BCUT2D eigenvalue weighted by Crippen LogP contribution is 2.24. The molecule has 0 saturated heterocycles. The van der Waals surface area contributed by atoms with Crippen molar-refractivity contribution < 1.29 is 14.3 Å². The molecule has 2 aliphatic rings. The fourth-order valence-corrected chi connectivity index (χ4v) is 3.94. The number of amides is 2. The molecule has 7 nitrogen and oxygen atoms in total. The van der Waals surface area contributed by atoms with Crippen LogP contribution in [0.1, 0.15) is 81.0 Å². The number of nitrogens with zero attached hydrogens (tertiary/aromatic N) is 3. The fraction of sp³-hybridized carbons (Fsp3) is 0.750. The van der Waals surface area contributed by atoms with Gasteiger partial charge in [0.05, 0.1) is 12.2 Å². The minimum absolute atomic E-state index is 0.0795. The van der Waals surface area contributed by atoms with Gasteiger partial charge in [0.2, 0.25) is 0 Å². The summed E-state index contributed by atoms with van der Waals surface area (Å²) in [5.41, 5.74) is 1.79. The fourth-order valence-electron chi connectivity index (χ4n) is 3.94. The van der Waals surface area contributed by atoms with Crippen LogP contribution in [0.2, 0.25) is 0 Å². The number of hydrogen-bond donors (Lipinski definition) is 1. The molecular formula is C20H32N4O3. The molecule has 0 atom stereocenters. The van der Waals surface area contributed by atoms with Crippen LogP contribution < -0.4 is 5.32 Å². The number of carbonyl (C=O) groups excluding carboxylic acids is 2. The summed E-state index contributed by atoms with van der Waals surface area (Å²) >= 11 is 0. The highest BCUT2D eigenvalue weighted by molar-refractivity contribution is 5.94. The lowest BCUT2D eigenvalue weighted by Gasteiger charge is -2.30. The normalized spacial score (nSPS) is 18.6. The van der Waals surface area contributed by atoms with Gasteiger partial charge in [-0.1, -0.05) is 25.7 Å². The van der Waals surface area contributed by atoms with Crippen molar-refractivity contribution in [2.45, 2.75) is 83.9 Å². The second-order valence-electron chi connectivity index (χ2n) is 8.71. The maximum atomic E-state index is 13.0. The predicted molar refractivity (Wildman–Crippen MR) is 103 cm³/mol. The zero-order valence-electron chi connectivity index (χ0n) is 17.0. The molecule has 3 rings (SSSR count). The second-order valence-corrected chi connectivity index (χ2v) is 8.71. The molecule has 1 N–H and O–H groups in total. The average molecular weight is 377 g/mol. The summed E-state index contributed by atoms with van der Waals surface area (Å²) in [6, 6.07) is 0.232. The summed E-state index contributed by atoms with van der Waals surface area (Å²) < 4.78 is 7.16. The molecule has 1 saturated carbocycles. The summed E-state index contributed by atoms with van der Waals surface area (Å²) in [6.45, 7) is 6.50. The maximum Gasteiger partial charge on any atom is 0.410 e. The van der Waals surface area contributed by atoms with Crippen LogP contribution in [0.15, 0.2) is 0 Å². The van der Waals surface area contributed by atoms with Crippen LogP contribution >= 0.6 is 0 Å². The Labute approximate surface area is 161 Å². The van der Waals surface area contributed by atoms with E-state index in [-0.39, 0.29) is 18.0 Å². The second kappa shape index (κ2) is 7.90. The van der Waals surface area contributed by atoms with Crippen LogP contribution in [0, 0.1) is 0 Å². The van der Waals surface area contributed by atoms with Crippen molar-refractivity contribution in [2.75, 3.05) is 6.54 Å². The van der Waals surface area contributed by atoms with Crippen molar-refractivity contribution in [2.24, 2.45) is 7.05 Å². The highest BCUT2D eigenvalue weighted by Gasteiger charge is 2.32. The topological polar surface area (TPSA) is 76.5 Å². The summed E-state index contributed by atoms with van der Waals surface area (Å²) in [6.07, 6.45) is 7.20. The van der Waals surface area contributed by atoms with Crippen molar-refractivity contribution >= 4 is 12.0 Å². The minimum Gasteiger partial charge on any atom is -0.444 e. The Bertz CT molecular complexity index is 697. The van der Waals surface area contributed by atoms with E-state index in [1.165, 1.54) is 25.7 Å². The van der Waals surface area contributed by atoms with E-state index in [4.69, 9.17) is 4.74 Å². The molecule has 0 unspecified atom stereocenters. The Kier molecular flexibility index (Phi) is 5.77. The maximum absolute atomic E-state index is 13.0. The van der Waals surface area contributed by atoms with E-state index < -0.39 is 5.60 Å². The van der Waals surface area contributed by atoms with E-state index in [2.05, 4.69) is 10.4 Å². The number of aromatic nitrogens is 2. The zero-order valence-corrected chi connectivity index (χ0v) is 17.0. The van der Waals surface area contributed by atoms with E-state index >= 15 is 0 Å². The smallest absolute Gasteiger partial charge is 0.410 e. The Morgan fingerprint density at radius 3 is 2.44 bits per heavy atom. The zero-order chi connectivity index (χ0) is 19.6. The lowest BCUT2D eigenvalue weighted by atomic mass is 10.0. The molecule has 0 bridgehead atoms. The van der Waals surface area contributed by atoms with Crippen molar-refractivity contribution in [1.82, 2.24) is 20.0 Å². The number of rotatable bonds is 2. The number of hydrogen-bond acceptors (Lipinski definition) is 4. The van der Waals surface area contributed by atoms with Crippen LogP contribution in [-0.2, 0) is 24.8 Å². The predicted octanol–water partition coefficient (Wildman–Crippen LogP) is 3.17. The molecule has 1 fully saturated rings. The van der Waals surface area contributed by atoms with Gasteiger partial charge in [-0.25, -0.2) is 4.79 Å². The molecule has 1 aromatic rings. The van der Waals surface area contributed by atoms with E-state index in [1.54, 1.807) is 16.6 Å². The molecule has 7 heteroatoms. The number of ether oxygens (including phenoxy) is 1. The molecular weight excluding hydrogens is 344 g/mol. The largest absolute Gasteiger partial charge is 0.444 e. The van der Waals surface area contributed by atoms with E-state index in [0.29, 0.717) is 25.2 Å². The number of nitrogens with one attached hydrogen (secondary N) is 1. The van der Waals surface area contributed by atoms with Gasteiger partial charge in [0.25, 0.3) is 5.91 Å². The molecule has 1 aromatic heterocycles. The first-order valence-electron chi connectivity index (χ1n) is 10.1. The van der Waals surface area contributed by atoms with Crippen LogP contribution in [-0.4, -0.2) is 44.9 Å². The summed E-state index contributed by atoms with van der Waals surface area (Å²) in [7, 11) is 1.80. The molecule has 0 radical (unpaired) electrons. The molecule has 0 aromatic carbocycles. The molecule has 2 amide bonds. The molecule has 0 spiro atoms. The van der Waals surface area contributed by atoms with E-state index in [0.717, 1.165) is 24.1 Å². The Morgan fingerprint density at radius 2 is 1.81 bits per heavy atom. The lowest BCUT2D eigenvalue weighted by Crippen LogP contribution is -2.41. The van der Waals surface area contributed by atoms with Crippen LogP contribution in [0.3, 0.4) is 0 Å². The first-order chi connectivity index (χ1) is 12.7. The van der Waals surface area contributed by atoms with E-state index in [9.17, 15) is 9.59 Å². The lowest BCUT2D eigenvalue weighted by molar-refractivity contribution is 0.0222. The average Bonchev–Trinajstić information content (AvgIpc) is 2.72. The monoisotopic (exact) mass is 376 g/mol. The van der Waals surface area contributed by atoms with Crippen LogP contribution in [0.25, 0.3) is 0 Å². The van der Waals surface area contributed by atoms with Crippen molar-refractivity contribution in [1.29, 1.82) is 0 Å². The molecule has 150 valence electrons. The van der Waals surface area contributed by atoms with Gasteiger partial charge < -0.3 is 15.0 Å². The summed E-state index contributed by atoms with van der Waals surface area (Å²) in [5, 5.41) is 7.73. The van der Waals surface area contributed by atoms with Crippen LogP contribution in [0.5, 0.6) is 0 Å². The number of aryl methyl sites for hydroxylation is 1.